The van der Waals surface area contributed by atoms with Crippen molar-refractivity contribution in [3.8, 4) is 0 Å². The van der Waals surface area contributed by atoms with Crippen LogP contribution in [0.4, 0.5) is 13.2 Å². The van der Waals surface area contributed by atoms with Gasteiger partial charge in [0.15, 0.2) is 0 Å². The van der Waals surface area contributed by atoms with Crippen LogP contribution >= 0.6 is 0 Å². The molecule has 80 valence electrons. The first kappa shape index (κ1) is 12.7. The van der Waals surface area contributed by atoms with E-state index in [0.29, 0.717) is 13.0 Å². The van der Waals surface area contributed by atoms with Crippen molar-refractivity contribution in [2.24, 2.45) is 5.92 Å². The van der Waals surface area contributed by atoms with E-state index in [0.717, 1.165) is 0 Å². The van der Waals surface area contributed by atoms with Crippen molar-refractivity contribution < 1.29 is 18.3 Å². The minimum Gasteiger partial charge on any atom is -0.396 e. The van der Waals surface area contributed by atoms with Gasteiger partial charge in [-0.25, -0.2) is 0 Å². The SMILES string of the molecule is CC(CCO)CNCCC(F)(F)F. The highest BCUT2D eigenvalue weighted by atomic mass is 19.4. The van der Waals surface area contributed by atoms with Crippen molar-refractivity contribution in [3.05, 3.63) is 0 Å². The summed E-state index contributed by atoms with van der Waals surface area (Å²) >= 11 is 0. The van der Waals surface area contributed by atoms with Crippen LogP contribution in [-0.2, 0) is 0 Å². The lowest BCUT2D eigenvalue weighted by Crippen LogP contribution is -2.26. The molecule has 0 aliphatic rings. The molecule has 0 aromatic heterocycles. The highest BCUT2D eigenvalue weighted by molar-refractivity contribution is 4.59. The summed E-state index contributed by atoms with van der Waals surface area (Å²) in [5, 5.41) is 11.2. The third-order valence-corrected chi connectivity index (χ3v) is 1.70. The normalized spacial score (nSPS) is 14.5. The third-order valence-electron chi connectivity index (χ3n) is 1.70. The van der Waals surface area contributed by atoms with Crippen LogP contribution in [0.2, 0.25) is 0 Å². The Kier molecular flexibility index (Phi) is 6.07. The fourth-order valence-electron chi connectivity index (χ4n) is 0.901. The second-order valence-electron chi connectivity index (χ2n) is 3.19. The molecule has 0 heterocycles. The molecule has 0 bridgehead atoms. The summed E-state index contributed by atoms with van der Waals surface area (Å²) in [4.78, 5) is 0. The molecule has 0 saturated heterocycles. The summed E-state index contributed by atoms with van der Waals surface area (Å²) in [5.74, 6) is 0.221. The van der Waals surface area contributed by atoms with Crippen LogP contribution in [0, 0.1) is 5.92 Å². The van der Waals surface area contributed by atoms with Gasteiger partial charge in [0.25, 0.3) is 0 Å². The van der Waals surface area contributed by atoms with Crippen molar-refractivity contribution >= 4 is 0 Å². The Balaban J connectivity index is 3.25. The molecular weight excluding hydrogens is 183 g/mol. The Labute approximate surface area is 76.1 Å². The first-order valence-corrected chi connectivity index (χ1v) is 4.34. The number of hydrogen-bond donors (Lipinski definition) is 2. The van der Waals surface area contributed by atoms with E-state index in [1.54, 1.807) is 0 Å². The number of aliphatic hydroxyl groups is 1. The predicted molar refractivity (Wildman–Crippen MR) is 44.4 cm³/mol. The summed E-state index contributed by atoms with van der Waals surface area (Å²) in [6.07, 6.45) is -4.24. The van der Waals surface area contributed by atoms with Gasteiger partial charge in [0.2, 0.25) is 0 Å². The van der Waals surface area contributed by atoms with Gasteiger partial charge < -0.3 is 10.4 Å². The van der Waals surface area contributed by atoms with E-state index in [4.69, 9.17) is 5.11 Å². The summed E-state index contributed by atoms with van der Waals surface area (Å²) < 4.78 is 34.9. The first-order valence-electron chi connectivity index (χ1n) is 4.34. The lowest BCUT2D eigenvalue weighted by molar-refractivity contribution is -0.133. The van der Waals surface area contributed by atoms with E-state index in [1.807, 2.05) is 6.92 Å². The van der Waals surface area contributed by atoms with Crippen LogP contribution in [0.15, 0.2) is 0 Å². The van der Waals surface area contributed by atoms with Gasteiger partial charge in [0.05, 0.1) is 6.42 Å². The highest BCUT2D eigenvalue weighted by Crippen LogP contribution is 2.18. The van der Waals surface area contributed by atoms with Gasteiger partial charge in [-0.05, 0) is 18.9 Å². The number of hydrogen-bond acceptors (Lipinski definition) is 2. The predicted octanol–water partition coefficient (Wildman–Crippen LogP) is 1.55. The van der Waals surface area contributed by atoms with E-state index in [1.165, 1.54) is 0 Å². The molecule has 1 unspecified atom stereocenters. The maximum atomic E-state index is 11.6. The zero-order valence-corrected chi connectivity index (χ0v) is 7.69. The number of nitrogens with one attached hydrogen (secondary N) is 1. The van der Waals surface area contributed by atoms with E-state index in [2.05, 4.69) is 5.32 Å². The molecule has 0 aliphatic carbocycles. The molecule has 0 aromatic rings. The Morgan fingerprint density at radius 2 is 2.00 bits per heavy atom. The van der Waals surface area contributed by atoms with E-state index in [-0.39, 0.29) is 19.1 Å². The zero-order valence-electron chi connectivity index (χ0n) is 7.69. The highest BCUT2D eigenvalue weighted by Gasteiger charge is 2.25. The van der Waals surface area contributed by atoms with Crippen LogP contribution in [0.1, 0.15) is 19.8 Å². The molecule has 2 N–H and O–H groups in total. The average Bonchev–Trinajstić information content (AvgIpc) is 1.97. The zero-order chi connectivity index (χ0) is 10.3. The minimum absolute atomic E-state index is 0.0424. The van der Waals surface area contributed by atoms with Gasteiger partial charge in [-0.2, -0.15) is 13.2 Å². The number of halogens is 3. The first-order chi connectivity index (χ1) is 5.95. The smallest absolute Gasteiger partial charge is 0.390 e. The molecular formula is C8H16F3NO. The molecule has 0 fully saturated rings. The summed E-state index contributed by atoms with van der Waals surface area (Å²) in [5.41, 5.74) is 0. The molecule has 0 aliphatic heterocycles. The van der Waals surface area contributed by atoms with Crippen LogP contribution in [-0.4, -0.2) is 31.0 Å². The van der Waals surface area contributed by atoms with Gasteiger partial charge in [-0.15, -0.1) is 0 Å². The maximum Gasteiger partial charge on any atom is 0.390 e. The third kappa shape index (κ3) is 9.63. The van der Waals surface area contributed by atoms with Crippen molar-refractivity contribution in [2.45, 2.75) is 25.9 Å². The number of aliphatic hydroxyl groups excluding tert-OH is 1. The molecule has 0 rings (SSSR count). The van der Waals surface area contributed by atoms with E-state index in [9.17, 15) is 13.2 Å². The lowest BCUT2D eigenvalue weighted by atomic mass is 10.1. The standard InChI is InChI=1S/C8H16F3NO/c1-7(2-5-13)6-12-4-3-8(9,10)11/h7,12-13H,2-6H2,1H3. The van der Waals surface area contributed by atoms with Gasteiger partial charge in [-0.3, -0.25) is 0 Å². The maximum absolute atomic E-state index is 11.6. The average molecular weight is 199 g/mol. The molecule has 0 spiro atoms. The Morgan fingerprint density at radius 1 is 1.38 bits per heavy atom. The monoisotopic (exact) mass is 199 g/mol. The molecule has 13 heavy (non-hydrogen) atoms. The second kappa shape index (κ2) is 6.21. The quantitative estimate of drug-likeness (QED) is 0.636. The fraction of sp³-hybridized carbons (Fsp3) is 1.00. The topological polar surface area (TPSA) is 32.3 Å². The Morgan fingerprint density at radius 3 is 2.46 bits per heavy atom. The Bertz CT molecular complexity index is 127. The van der Waals surface area contributed by atoms with Gasteiger partial charge in [-0.1, -0.05) is 6.92 Å². The van der Waals surface area contributed by atoms with E-state index >= 15 is 0 Å². The molecule has 2 nitrogen and oxygen atoms in total. The molecule has 0 amide bonds. The van der Waals surface area contributed by atoms with Gasteiger partial charge in [0.1, 0.15) is 0 Å². The molecule has 5 heteroatoms. The van der Waals surface area contributed by atoms with E-state index < -0.39 is 12.6 Å². The lowest BCUT2D eigenvalue weighted by Gasteiger charge is -2.11. The number of alkyl halides is 3. The Hall–Kier alpha value is -0.290. The van der Waals surface area contributed by atoms with Gasteiger partial charge >= 0.3 is 6.18 Å². The largest absolute Gasteiger partial charge is 0.396 e. The molecule has 1 atom stereocenters. The molecule has 0 radical (unpaired) electrons. The number of rotatable bonds is 6. The summed E-state index contributed by atoms with van der Waals surface area (Å²) in [6, 6.07) is 0. The van der Waals surface area contributed by atoms with Crippen molar-refractivity contribution in [3.63, 3.8) is 0 Å². The van der Waals surface area contributed by atoms with Crippen LogP contribution in [0.5, 0.6) is 0 Å². The van der Waals surface area contributed by atoms with Crippen molar-refractivity contribution in [2.75, 3.05) is 19.7 Å². The van der Waals surface area contributed by atoms with Crippen molar-refractivity contribution in [1.29, 1.82) is 0 Å². The fourth-order valence-corrected chi connectivity index (χ4v) is 0.901. The van der Waals surface area contributed by atoms with Gasteiger partial charge in [0, 0.05) is 13.2 Å². The summed E-state index contributed by atoms with van der Waals surface area (Å²) in [6.45, 7) is 2.45. The van der Waals surface area contributed by atoms with Crippen LogP contribution in [0.3, 0.4) is 0 Å². The van der Waals surface area contributed by atoms with Crippen LogP contribution in [0.25, 0.3) is 0 Å². The van der Waals surface area contributed by atoms with Crippen LogP contribution < -0.4 is 5.32 Å². The minimum atomic E-state index is -4.08. The molecule has 0 aromatic carbocycles. The molecule has 0 saturated carbocycles. The summed E-state index contributed by atoms with van der Waals surface area (Å²) in [7, 11) is 0. The van der Waals surface area contributed by atoms with Crippen molar-refractivity contribution in [1.82, 2.24) is 5.32 Å². The second-order valence-corrected chi connectivity index (χ2v) is 3.19.